The van der Waals surface area contributed by atoms with Gasteiger partial charge in [0.25, 0.3) is 0 Å². The predicted octanol–water partition coefficient (Wildman–Crippen LogP) is 0.277. The Balaban J connectivity index is 2.48. The van der Waals surface area contributed by atoms with Crippen molar-refractivity contribution in [2.75, 3.05) is 31.1 Å². The van der Waals surface area contributed by atoms with Crippen LogP contribution in [0.2, 0.25) is 0 Å². The first-order valence-electron chi connectivity index (χ1n) is 5.99. The highest BCUT2D eigenvalue weighted by molar-refractivity contribution is 7.99. The van der Waals surface area contributed by atoms with Crippen molar-refractivity contribution >= 4 is 17.7 Å². The largest absolute Gasteiger partial charge is 0.356 e. The number of carbonyl (C=O) groups is 1. The lowest BCUT2D eigenvalue weighted by atomic mass is 10.1. The number of nitrogens with two attached hydrogens (primary N) is 1. The van der Waals surface area contributed by atoms with Crippen LogP contribution >= 0.6 is 11.8 Å². The fourth-order valence-corrected chi connectivity index (χ4v) is 3.14. The number of nitrogens with zero attached hydrogens (tertiary/aromatic N) is 1. The highest BCUT2D eigenvalue weighted by atomic mass is 32.2. The Bertz CT molecular complexity index is 225. The molecule has 4 nitrogen and oxygen atoms in total. The average Bonchev–Trinajstić information content (AvgIpc) is 2.27. The first-order chi connectivity index (χ1) is 7.69. The van der Waals surface area contributed by atoms with Crippen LogP contribution in [0.1, 0.15) is 20.3 Å². The molecule has 0 radical (unpaired) electrons. The second-order valence-electron chi connectivity index (χ2n) is 4.21. The zero-order chi connectivity index (χ0) is 12.0. The Morgan fingerprint density at radius 1 is 1.69 bits per heavy atom. The van der Waals surface area contributed by atoms with Crippen LogP contribution in [0.15, 0.2) is 0 Å². The summed E-state index contributed by atoms with van der Waals surface area (Å²) >= 11 is 1.98. The van der Waals surface area contributed by atoms with Crippen LogP contribution in [-0.2, 0) is 4.79 Å². The number of rotatable bonds is 5. The van der Waals surface area contributed by atoms with Crippen LogP contribution in [-0.4, -0.2) is 54.0 Å². The van der Waals surface area contributed by atoms with E-state index in [0.29, 0.717) is 25.6 Å². The summed E-state index contributed by atoms with van der Waals surface area (Å²) in [5.41, 5.74) is 5.78. The van der Waals surface area contributed by atoms with Gasteiger partial charge in [0, 0.05) is 49.6 Å². The van der Waals surface area contributed by atoms with Gasteiger partial charge in [0.05, 0.1) is 0 Å². The van der Waals surface area contributed by atoms with Gasteiger partial charge in [-0.3, -0.25) is 9.69 Å². The number of nitrogens with one attached hydrogen (secondary N) is 1. The maximum absolute atomic E-state index is 11.6. The van der Waals surface area contributed by atoms with E-state index in [0.717, 1.165) is 18.1 Å². The number of hydrogen-bond donors (Lipinski definition) is 2. The van der Waals surface area contributed by atoms with Crippen molar-refractivity contribution in [1.82, 2.24) is 10.2 Å². The number of amides is 1. The van der Waals surface area contributed by atoms with Crippen LogP contribution in [0, 0.1) is 0 Å². The summed E-state index contributed by atoms with van der Waals surface area (Å²) in [7, 11) is 0. The third-order valence-corrected chi connectivity index (χ3v) is 4.14. The molecule has 0 aliphatic carbocycles. The fourth-order valence-electron chi connectivity index (χ4n) is 2.10. The number of hydrogen-bond acceptors (Lipinski definition) is 4. The zero-order valence-corrected chi connectivity index (χ0v) is 11.1. The molecule has 0 spiro atoms. The van der Waals surface area contributed by atoms with Gasteiger partial charge in [-0.1, -0.05) is 0 Å². The van der Waals surface area contributed by atoms with E-state index in [1.807, 2.05) is 18.7 Å². The Hall–Kier alpha value is -0.260. The van der Waals surface area contributed by atoms with Gasteiger partial charge >= 0.3 is 0 Å². The molecule has 2 unspecified atom stereocenters. The van der Waals surface area contributed by atoms with Gasteiger partial charge < -0.3 is 11.1 Å². The number of thioether (sulfide) groups is 1. The second-order valence-corrected chi connectivity index (χ2v) is 5.36. The van der Waals surface area contributed by atoms with E-state index < -0.39 is 0 Å². The van der Waals surface area contributed by atoms with Crippen LogP contribution < -0.4 is 11.1 Å². The molecule has 5 heteroatoms. The molecule has 1 amide bonds. The van der Waals surface area contributed by atoms with Gasteiger partial charge in [0.15, 0.2) is 0 Å². The van der Waals surface area contributed by atoms with Gasteiger partial charge in [-0.15, -0.1) is 0 Å². The molecule has 0 aromatic heterocycles. The molecule has 16 heavy (non-hydrogen) atoms. The van der Waals surface area contributed by atoms with E-state index in [4.69, 9.17) is 5.73 Å². The van der Waals surface area contributed by atoms with E-state index in [-0.39, 0.29) is 11.9 Å². The molecule has 1 rings (SSSR count). The molecule has 0 saturated carbocycles. The standard InChI is InChI=1S/C11H23N3OS/c1-3-13-11(15)6-10(7-12)14-4-5-16-8-9(14)2/h9-10H,3-8,12H2,1-2H3,(H,13,15). The summed E-state index contributed by atoms with van der Waals surface area (Å²) in [6.45, 7) is 6.46. The molecule has 1 fully saturated rings. The van der Waals surface area contributed by atoms with E-state index >= 15 is 0 Å². The normalized spacial score (nSPS) is 24.1. The van der Waals surface area contributed by atoms with Crippen molar-refractivity contribution in [3.63, 3.8) is 0 Å². The third-order valence-electron chi connectivity index (χ3n) is 2.96. The highest BCUT2D eigenvalue weighted by Crippen LogP contribution is 2.19. The van der Waals surface area contributed by atoms with Crippen molar-refractivity contribution in [3.8, 4) is 0 Å². The third kappa shape index (κ3) is 3.96. The average molecular weight is 245 g/mol. The SMILES string of the molecule is CCNC(=O)CC(CN)N1CCSCC1C. The minimum Gasteiger partial charge on any atom is -0.356 e. The zero-order valence-electron chi connectivity index (χ0n) is 10.2. The minimum atomic E-state index is 0.114. The quantitative estimate of drug-likeness (QED) is 0.730. The maximum Gasteiger partial charge on any atom is 0.221 e. The molecule has 1 aliphatic heterocycles. The summed E-state index contributed by atoms with van der Waals surface area (Å²) in [6, 6.07) is 0.726. The van der Waals surface area contributed by atoms with Crippen LogP contribution in [0.5, 0.6) is 0 Å². The van der Waals surface area contributed by atoms with Gasteiger partial charge in [0.2, 0.25) is 5.91 Å². The van der Waals surface area contributed by atoms with Gasteiger partial charge in [-0.05, 0) is 13.8 Å². The van der Waals surface area contributed by atoms with E-state index in [9.17, 15) is 4.79 Å². The molecule has 94 valence electrons. The van der Waals surface area contributed by atoms with Crippen LogP contribution in [0.3, 0.4) is 0 Å². The summed E-state index contributed by atoms with van der Waals surface area (Å²) in [5, 5.41) is 2.84. The van der Waals surface area contributed by atoms with E-state index in [2.05, 4.69) is 17.1 Å². The predicted molar refractivity (Wildman–Crippen MR) is 69.6 cm³/mol. The number of carbonyl (C=O) groups excluding carboxylic acids is 1. The highest BCUT2D eigenvalue weighted by Gasteiger charge is 2.26. The molecule has 1 saturated heterocycles. The Kier molecular flexibility index (Phi) is 6.16. The molecular formula is C11H23N3OS. The summed E-state index contributed by atoms with van der Waals surface area (Å²) in [6.07, 6.45) is 0.527. The van der Waals surface area contributed by atoms with Crippen molar-refractivity contribution in [3.05, 3.63) is 0 Å². The Morgan fingerprint density at radius 2 is 2.44 bits per heavy atom. The first-order valence-corrected chi connectivity index (χ1v) is 7.14. The van der Waals surface area contributed by atoms with E-state index in [1.165, 1.54) is 0 Å². The first kappa shape index (κ1) is 13.8. The molecule has 1 aliphatic rings. The smallest absolute Gasteiger partial charge is 0.221 e. The van der Waals surface area contributed by atoms with E-state index in [1.54, 1.807) is 0 Å². The van der Waals surface area contributed by atoms with Crippen molar-refractivity contribution in [2.45, 2.75) is 32.4 Å². The molecule has 3 N–H and O–H groups in total. The Morgan fingerprint density at radius 3 is 3.00 bits per heavy atom. The second kappa shape index (κ2) is 7.14. The minimum absolute atomic E-state index is 0.114. The fraction of sp³-hybridized carbons (Fsp3) is 0.909. The summed E-state index contributed by atoms with van der Waals surface area (Å²) in [4.78, 5) is 13.9. The molecule has 1 heterocycles. The van der Waals surface area contributed by atoms with Crippen molar-refractivity contribution in [1.29, 1.82) is 0 Å². The van der Waals surface area contributed by atoms with Crippen LogP contribution in [0.4, 0.5) is 0 Å². The monoisotopic (exact) mass is 245 g/mol. The lowest BCUT2D eigenvalue weighted by Crippen LogP contribution is -2.51. The molecular weight excluding hydrogens is 222 g/mol. The van der Waals surface area contributed by atoms with Gasteiger partial charge in [0.1, 0.15) is 0 Å². The van der Waals surface area contributed by atoms with Gasteiger partial charge in [-0.2, -0.15) is 11.8 Å². The summed E-state index contributed by atoms with van der Waals surface area (Å²) < 4.78 is 0. The van der Waals surface area contributed by atoms with Crippen molar-refractivity contribution in [2.24, 2.45) is 5.73 Å². The summed E-state index contributed by atoms with van der Waals surface area (Å²) in [5.74, 6) is 2.41. The molecule has 2 atom stereocenters. The lowest BCUT2D eigenvalue weighted by molar-refractivity contribution is -0.122. The Labute approximate surface area is 102 Å². The van der Waals surface area contributed by atoms with Crippen molar-refractivity contribution < 1.29 is 4.79 Å². The molecule has 0 bridgehead atoms. The lowest BCUT2D eigenvalue weighted by Gasteiger charge is -2.38. The molecule has 0 aromatic rings. The van der Waals surface area contributed by atoms with Gasteiger partial charge in [-0.25, -0.2) is 0 Å². The van der Waals surface area contributed by atoms with Crippen LogP contribution in [0.25, 0.3) is 0 Å². The molecule has 0 aromatic carbocycles. The maximum atomic E-state index is 11.6. The topological polar surface area (TPSA) is 58.4 Å².